The van der Waals surface area contributed by atoms with Gasteiger partial charge in [-0.2, -0.15) is 5.26 Å². The van der Waals surface area contributed by atoms with Crippen LogP contribution < -0.4 is 10.2 Å². The van der Waals surface area contributed by atoms with Gasteiger partial charge in [-0.1, -0.05) is 13.8 Å². The third kappa shape index (κ3) is 3.87. The van der Waals surface area contributed by atoms with Gasteiger partial charge in [0.1, 0.15) is 0 Å². The molecule has 0 amide bonds. The standard InChI is InChI=1S/C24H25N7O/c1-24(2)5-3-19-17(13-25)11-16(12-20(19)24)21-4-6-26-22(30-21)29-18-14-27-23(28-15-18)31-7-9-32-10-8-31/h4,6,11-12,14-15H,3,5,7-10H2,1-2H3,(H,26,29,30). The molecule has 1 N–H and O–H groups in total. The molecule has 1 aliphatic heterocycles. The normalized spacial score (nSPS) is 17.0. The Balaban J connectivity index is 1.39. The molecule has 5 rings (SSSR count). The SMILES string of the molecule is CC1(C)CCc2c(C#N)cc(-c3ccnc(Nc4cnc(N5CCOCC5)nc4)n3)cc21. The van der Waals surface area contributed by atoms with Crippen molar-refractivity contribution in [1.29, 1.82) is 5.26 Å². The van der Waals surface area contributed by atoms with Gasteiger partial charge in [0.15, 0.2) is 0 Å². The third-order valence-electron chi connectivity index (χ3n) is 6.24. The number of hydrogen-bond acceptors (Lipinski definition) is 8. The summed E-state index contributed by atoms with van der Waals surface area (Å²) in [6.45, 7) is 7.43. The Labute approximate surface area is 187 Å². The number of nitrogens with one attached hydrogen (secondary N) is 1. The molecule has 0 atom stereocenters. The van der Waals surface area contributed by atoms with Gasteiger partial charge >= 0.3 is 0 Å². The Morgan fingerprint density at radius 3 is 2.66 bits per heavy atom. The molecule has 2 aromatic heterocycles. The minimum atomic E-state index is 0.0601. The number of nitriles is 1. The number of rotatable bonds is 4. The predicted octanol–water partition coefficient (Wildman–Crippen LogP) is 3.61. The summed E-state index contributed by atoms with van der Waals surface area (Å²) in [5.74, 6) is 1.15. The highest BCUT2D eigenvalue weighted by molar-refractivity contribution is 5.68. The van der Waals surface area contributed by atoms with Crippen LogP contribution in [0.25, 0.3) is 11.3 Å². The summed E-state index contributed by atoms with van der Waals surface area (Å²) in [5.41, 5.74) is 5.63. The fourth-order valence-electron chi connectivity index (χ4n) is 4.39. The number of morpholine rings is 1. The van der Waals surface area contributed by atoms with Gasteiger partial charge in [-0.15, -0.1) is 0 Å². The fraction of sp³-hybridized carbons (Fsp3) is 0.375. The van der Waals surface area contributed by atoms with E-state index in [0.717, 1.165) is 42.8 Å². The van der Waals surface area contributed by atoms with Crippen LogP contribution in [-0.2, 0) is 16.6 Å². The van der Waals surface area contributed by atoms with E-state index < -0.39 is 0 Å². The largest absolute Gasteiger partial charge is 0.378 e. The zero-order chi connectivity index (χ0) is 22.1. The summed E-state index contributed by atoms with van der Waals surface area (Å²) in [5, 5.41) is 12.9. The molecule has 1 aromatic carbocycles. The van der Waals surface area contributed by atoms with Gasteiger partial charge in [0.25, 0.3) is 0 Å². The van der Waals surface area contributed by atoms with Crippen molar-refractivity contribution in [3.63, 3.8) is 0 Å². The zero-order valence-corrected chi connectivity index (χ0v) is 18.3. The molecular weight excluding hydrogens is 402 g/mol. The average Bonchev–Trinajstić information content (AvgIpc) is 3.14. The summed E-state index contributed by atoms with van der Waals surface area (Å²) in [6.07, 6.45) is 7.19. The topological polar surface area (TPSA) is 99.9 Å². The summed E-state index contributed by atoms with van der Waals surface area (Å²) in [7, 11) is 0. The molecule has 8 heteroatoms. The summed E-state index contributed by atoms with van der Waals surface area (Å²) < 4.78 is 5.38. The first-order valence-corrected chi connectivity index (χ1v) is 10.9. The van der Waals surface area contributed by atoms with E-state index >= 15 is 0 Å². The van der Waals surface area contributed by atoms with Crippen LogP contribution in [0.3, 0.4) is 0 Å². The number of fused-ring (bicyclic) bond motifs is 1. The first-order valence-electron chi connectivity index (χ1n) is 10.9. The molecule has 8 nitrogen and oxygen atoms in total. The van der Waals surface area contributed by atoms with Crippen LogP contribution in [0.1, 0.15) is 37.0 Å². The first kappa shape index (κ1) is 20.3. The van der Waals surface area contributed by atoms with Crippen molar-refractivity contribution < 1.29 is 4.74 Å². The van der Waals surface area contributed by atoms with Crippen LogP contribution in [0, 0.1) is 11.3 Å². The maximum Gasteiger partial charge on any atom is 0.227 e. The van der Waals surface area contributed by atoms with Crippen molar-refractivity contribution in [1.82, 2.24) is 19.9 Å². The van der Waals surface area contributed by atoms with Crippen LogP contribution in [0.4, 0.5) is 17.6 Å². The van der Waals surface area contributed by atoms with Crippen molar-refractivity contribution >= 4 is 17.6 Å². The van der Waals surface area contributed by atoms with Crippen LogP contribution in [0.15, 0.2) is 36.8 Å². The van der Waals surface area contributed by atoms with Gasteiger partial charge in [0.2, 0.25) is 11.9 Å². The molecule has 32 heavy (non-hydrogen) atoms. The second kappa shape index (κ2) is 8.17. The maximum atomic E-state index is 9.69. The summed E-state index contributed by atoms with van der Waals surface area (Å²) in [4.78, 5) is 20.1. The quantitative estimate of drug-likeness (QED) is 0.674. The molecule has 1 fully saturated rings. The minimum absolute atomic E-state index is 0.0601. The second-order valence-electron chi connectivity index (χ2n) is 8.81. The van der Waals surface area contributed by atoms with Crippen LogP contribution in [-0.4, -0.2) is 46.2 Å². The maximum absolute atomic E-state index is 9.69. The predicted molar refractivity (Wildman–Crippen MR) is 122 cm³/mol. The lowest BCUT2D eigenvalue weighted by Gasteiger charge is -2.26. The van der Waals surface area contributed by atoms with E-state index in [1.165, 1.54) is 11.1 Å². The number of nitrogens with zero attached hydrogens (tertiary/aromatic N) is 6. The average molecular weight is 428 g/mol. The molecule has 0 spiro atoms. The van der Waals surface area contributed by atoms with E-state index in [4.69, 9.17) is 4.74 Å². The van der Waals surface area contributed by atoms with Gasteiger partial charge in [-0.05, 0) is 47.6 Å². The van der Waals surface area contributed by atoms with Crippen LogP contribution >= 0.6 is 0 Å². The number of aromatic nitrogens is 4. The van der Waals surface area contributed by atoms with Crippen molar-refractivity contribution in [3.8, 4) is 17.3 Å². The van der Waals surface area contributed by atoms with Crippen LogP contribution in [0.5, 0.6) is 0 Å². The molecule has 1 aliphatic carbocycles. The van der Waals surface area contributed by atoms with E-state index in [2.05, 4.69) is 56.1 Å². The summed E-state index contributed by atoms with van der Waals surface area (Å²) in [6, 6.07) is 8.36. The Hall–Kier alpha value is -3.57. The van der Waals surface area contributed by atoms with E-state index in [0.29, 0.717) is 30.8 Å². The second-order valence-corrected chi connectivity index (χ2v) is 8.81. The third-order valence-corrected chi connectivity index (χ3v) is 6.24. The molecule has 2 aliphatic rings. The molecule has 3 heterocycles. The molecule has 3 aromatic rings. The Morgan fingerprint density at radius 2 is 1.91 bits per heavy atom. The smallest absolute Gasteiger partial charge is 0.227 e. The van der Waals surface area contributed by atoms with Crippen molar-refractivity contribution in [2.24, 2.45) is 0 Å². The molecule has 162 valence electrons. The van der Waals surface area contributed by atoms with Crippen molar-refractivity contribution in [2.45, 2.75) is 32.1 Å². The molecular formula is C24H25N7O. The Bertz CT molecular complexity index is 1180. The molecule has 0 unspecified atom stereocenters. The zero-order valence-electron chi connectivity index (χ0n) is 18.3. The van der Waals surface area contributed by atoms with Crippen molar-refractivity contribution in [3.05, 3.63) is 53.5 Å². The van der Waals surface area contributed by atoms with Gasteiger partial charge < -0.3 is 15.0 Å². The first-order chi connectivity index (χ1) is 15.5. The van der Waals surface area contributed by atoms with E-state index in [1.54, 1.807) is 18.6 Å². The highest BCUT2D eigenvalue weighted by Crippen LogP contribution is 2.41. The lowest BCUT2D eigenvalue weighted by atomic mass is 9.84. The van der Waals surface area contributed by atoms with Gasteiger partial charge in [0.05, 0.1) is 48.6 Å². The lowest BCUT2D eigenvalue weighted by Crippen LogP contribution is -2.37. The van der Waals surface area contributed by atoms with E-state index in [9.17, 15) is 5.26 Å². The molecule has 0 saturated carbocycles. The number of ether oxygens (including phenoxy) is 1. The fourth-order valence-corrected chi connectivity index (χ4v) is 4.39. The highest BCUT2D eigenvalue weighted by atomic mass is 16.5. The van der Waals surface area contributed by atoms with E-state index in [-0.39, 0.29) is 5.41 Å². The Kier molecular flexibility index (Phi) is 5.19. The minimum Gasteiger partial charge on any atom is -0.378 e. The molecule has 1 saturated heterocycles. The molecule has 0 bridgehead atoms. The Morgan fingerprint density at radius 1 is 1.12 bits per heavy atom. The van der Waals surface area contributed by atoms with E-state index in [1.807, 2.05) is 12.1 Å². The number of benzene rings is 1. The van der Waals surface area contributed by atoms with Gasteiger partial charge in [-0.3, -0.25) is 0 Å². The highest BCUT2D eigenvalue weighted by Gasteiger charge is 2.32. The van der Waals surface area contributed by atoms with Crippen molar-refractivity contribution in [2.75, 3.05) is 36.5 Å². The molecule has 0 radical (unpaired) electrons. The number of hydrogen-bond donors (Lipinski definition) is 1. The van der Waals surface area contributed by atoms with Gasteiger partial charge in [-0.25, -0.2) is 19.9 Å². The van der Waals surface area contributed by atoms with Crippen LogP contribution in [0.2, 0.25) is 0 Å². The lowest BCUT2D eigenvalue weighted by molar-refractivity contribution is 0.122. The van der Waals surface area contributed by atoms with Gasteiger partial charge in [0, 0.05) is 24.8 Å². The number of anilines is 3. The monoisotopic (exact) mass is 427 g/mol. The summed E-state index contributed by atoms with van der Waals surface area (Å²) >= 11 is 0.